The molecule has 0 unspecified atom stereocenters. The maximum absolute atomic E-state index is 13.2. The molecule has 1 N–H and O–H groups in total. The molecule has 0 aliphatic carbocycles. The molecule has 1 atom stereocenters. The number of ether oxygens (including phenoxy) is 1. The third kappa shape index (κ3) is 3.77. The van der Waals surface area contributed by atoms with Crippen molar-refractivity contribution in [2.75, 3.05) is 19.7 Å². The molecule has 3 heterocycles. The van der Waals surface area contributed by atoms with Crippen LogP contribution in [-0.4, -0.2) is 64.2 Å². The number of amides is 2. The van der Waals surface area contributed by atoms with E-state index in [0.717, 1.165) is 4.88 Å². The summed E-state index contributed by atoms with van der Waals surface area (Å²) in [5, 5.41) is 11.6. The lowest BCUT2D eigenvalue weighted by molar-refractivity contribution is -0.147. The minimum absolute atomic E-state index is 0.0380. The summed E-state index contributed by atoms with van der Waals surface area (Å²) in [6.07, 6.45) is 1.15. The van der Waals surface area contributed by atoms with Gasteiger partial charge in [0.05, 0.1) is 13.0 Å². The Morgan fingerprint density at radius 3 is 2.45 bits per heavy atom. The van der Waals surface area contributed by atoms with Gasteiger partial charge in [-0.15, -0.1) is 11.3 Å². The van der Waals surface area contributed by atoms with Crippen molar-refractivity contribution in [1.82, 2.24) is 9.80 Å². The minimum Gasteiger partial charge on any atom is -0.480 e. The Morgan fingerprint density at radius 1 is 1.10 bits per heavy atom. The van der Waals surface area contributed by atoms with E-state index in [1.54, 1.807) is 46.6 Å². The van der Waals surface area contributed by atoms with E-state index in [-0.39, 0.29) is 18.4 Å². The molecular formula is C21H22N2O5S. The van der Waals surface area contributed by atoms with Gasteiger partial charge in [-0.1, -0.05) is 24.3 Å². The SMILES string of the molecule is O=C(O)[C@@H]1COC2(CCN(C(=O)Cc3cccs3)CC2)N1C(=O)c1ccccc1. The lowest BCUT2D eigenvalue weighted by Gasteiger charge is -2.44. The lowest BCUT2D eigenvalue weighted by atomic mass is 9.96. The van der Waals surface area contributed by atoms with Crippen LogP contribution >= 0.6 is 11.3 Å². The first-order valence-electron chi connectivity index (χ1n) is 9.56. The highest BCUT2D eigenvalue weighted by Gasteiger charge is 2.54. The van der Waals surface area contributed by atoms with Crippen molar-refractivity contribution in [3.63, 3.8) is 0 Å². The van der Waals surface area contributed by atoms with Crippen molar-refractivity contribution < 1.29 is 24.2 Å². The number of aliphatic carboxylic acids is 1. The largest absolute Gasteiger partial charge is 0.480 e. The van der Waals surface area contributed by atoms with E-state index in [2.05, 4.69) is 0 Å². The number of carboxylic acids is 1. The fourth-order valence-electron chi connectivity index (χ4n) is 4.06. The summed E-state index contributed by atoms with van der Waals surface area (Å²) >= 11 is 1.55. The second-order valence-corrected chi connectivity index (χ2v) is 8.32. The molecular weight excluding hydrogens is 392 g/mol. The maximum Gasteiger partial charge on any atom is 0.328 e. The summed E-state index contributed by atoms with van der Waals surface area (Å²) in [7, 11) is 0. The number of thiophene rings is 1. The van der Waals surface area contributed by atoms with Crippen LogP contribution in [0, 0.1) is 0 Å². The molecule has 0 radical (unpaired) electrons. The summed E-state index contributed by atoms with van der Waals surface area (Å²) in [5.41, 5.74) is -0.560. The zero-order chi connectivity index (χ0) is 20.4. The summed E-state index contributed by atoms with van der Waals surface area (Å²) in [5.74, 6) is -1.40. The molecule has 7 nitrogen and oxygen atoms in total. The smallest absolute Gasteiger partial charge is 0.328 e. The van der Waals surface area contributed by atoms with Crippen LogP contribution in [0.5, 0.6) is 0 Å². The van der Waals surface area contributed by atoms with Crippen LogP contribution < -0.4 is 0 Å². The van der Waals surface area contributed by atoms with Crippen molar-refractivity contribution in [3.8, 4) is 0 Å². The van der Waals surface area contributed by atoms with Crippen LogP contribution in [0.1, 0.15) is 28.1 Å². The number of carboxylic acid groups (broad SMARTS) is 1. The van der Waals surface area contributed by atoms with Crippen LogP contribution in [-0.2, 0) is 20.7 Å². The molecule has 0 bridgehead atoms. The zero-order valence-electron chi connectivity index (χ0n) is 15.8. The Labute approximate surface area is 172 Å². The molecule has 1 spiro atoms. The van der Waals surface area contributed by atoms with Gasteiger partial charge in [0.25, 0.3) is 5.91 Å². The van der Waals surface area contributed by atoms with E-state index >= 15 is 0 Å². The van der Waals surface area contributed by atoms with Crippen molar-refractivity contribution in [3.05, 3.63) is 58.3 Å². The van der Waals surface area contributed by atoms with Gasteiger partial charge in [-0.05, 0) is 23.6 Å². The minimum atomic E-state index is -1.08. The molecule has 2 fully saturated rings. The van der Waals surface area contributed by atoms with Crippen molar-refractivity contribution in [2.24, 2.45) is 0 Å². The number of benzene rings is 1. The van der Waals surface area contributed by atoms with E-state index in [0.29, 0.717) is 37.9 Å². The molecule has 1 aromatic heterocycles. The Kier molecular flexibility index (Phi) is 5.38. The summed E-state index contributed by atoms with van der Waals surface area (Å²) in [6.45, 7) is 0.807. The second-order valence-electron chi connectivity index (χ2n) is 7.29. The number of hydrogen-bond donors (Lipinski definition) is 1. The van der Waals surface area contributed by atoms with Gasteiger partial charge in [-0.2, -0.15) is 0 Å². The van der Waals surface area contributed by atoms with E-state index in [4.69, 9.17) is 4.74 Å². The van der Waals surface area contributed by atoms with Gasteiger partial charge in [0.15, 0.2) is 6.04 Å². The van der Waals surface area contributed by atoms with Gasteiger partial charge >= 0.3 is 5.97 Å². The van der Waals surface area contributed by atoms with Crippen LogP contribution in [0.4, 0.5) is 0 Å². The molecule has 8 heteroatoms. The fourth-order valence-corrected chi connectivity index (χ4v) is 4.75. The van der Waals surface area contributed by atoms with Crippen molar-refractivity contribution in [1.29, 1.82) is 0 Å². The fraction of sp³-hybridized carbons (Fsp3) is 0.381. The first-order chi connectivity index (χ1) is 14.0. The second kappa shape index (κ2) is 7.96. The van der Waals surface area contributed by atoms with Gasteiger partial charge in [0.2, 0.25) is 5.91 Å². The number of likely N-dealkylation sites (tertiary alicyclic amines) is 1. The maximum atomic E-state index is 13.2. The van der Waals surface area contributed by atoms with Gasteiger partial charge in [-0.25, -0.2) is 4.79 Å². The van der Waals surface area contributed by atoms with E-state index in [9.17, 15) is 19.5 Å². The van der Waals surface area contributed by atoms with Crippen LogP contribution in [0.25, 0.3) is 0 Å². The number of piperidine rings is 1. The first kappa shape index (κ1) is 19.6. The standard InChI is InChI=1S/C21H22N2O5S/c24-18(13-16-7-4-12-29-16)22-10-8-21(9-11-22)23(17(14-28-21)20(26)27)19(25)15-5-2-1-3-6-15/h1-7,12,17H,8-11,13-14H2,(H,26,27)/t17-/m0/s1. The van der Waals surface area contributed by atoms with Gasteiger partial charge in [0, 0.05) is 36.4 Å². The van der Waals surface area contributed by atoms with Crippen LogP contribution in [0.2, 0.25) is 0 Å². The molecule has 2 aliphatic heterocycles. The topological polar surface area (TPSA) is 87.2 Å². The average Bonchev–Trinajstić information content (AvgIpc) is 3.37. The predicted molar refractivity (Wildman–Crippen MR) is 107 cm³/mol. The lowest BCUT2D eigenvalue weighted by Crippen LogP contribution is -2.58. The third-order valence-corrected chi connectivity index (χ3v) is 6.46. The van der Waals surface area contributed by atoms with Gasteiger partial charge in [-0.3, -0.25) is 14.5 Å². The third-order valence-electron chi connectivity index (χ3n) is 5.59. The monoisotopic (exact) mass is 414 g/mol. The molecule has 4 rings (SSSR count). The number of carbonyl (C=O) groups is 3. The Balaban J connectivity index is 1.51. The zero-order valence-corrected chi connectivity index (χ0v) is 16.6. The Hall–Kier alpha value is -2.71. The molecule has 152 valence electrons. The Morgan fingerprint density at radius 2 is 1.83 bits per heavy atom. The molecule has 0 saturated carbocycles. The highest BCUT2D eigenvalue weighted by Crippen LogP contribution is 2.38. The number of hydrogen-bond acceptors (Lipinski definition) is 5. The summed E-state index contributed by atoms with van der Waals surface area (Å²) in [4.78, 5) is 41.7. The van der Waals surface area contributed by atoms with E-state index in [1.165, 1.54) is 4.90 Å². The summed E-state index contributed by atoms with van der Waals surface area (Å²) < 4.78 is 5.93. The van der Waals surface area contributed by atoms with Crippen LogP contribution in [0.15, 0.2) is 47.8 Å². The van der Waals surface area contributed by atoms with E-state index < -0.39 is 17.7 Å². The normalized spacial score (nSPS) is 20.8. The van der Waals surface area contributed by atoms with Gasteiger partial charge < -0.3 is 14.7 Å². The highest BCUT2D eigenvalue weighted by atomic mass is 32.1. The number of nitrogens with zero attached hydrogens (tertiary/aromatic N) is 2. The molecule has 2 saturated heterocycles. The van der Waals surface area contributed by atoms with Gasteiger partial charge in [0.1, 0.15) is 5.72 Å². The average molecular weight is 414 g/mol. The predicted octanol–water partition coefficient (Wildman–Crippen LogP) is 2.24. The quantitative estimate of drug-likeness (QED) is 0.829. The highest BCUT2D eigenvalue weighted by molar-refractivity contribution is 7.10. The number of carbonyl (C=O) groups excluding carboxylic acids is 2. The van der Waals surface area contributed by atoms with Crippen molar-refractivity contribution >= 4 is 29.1 Å². The Bertz CT molecular complexity index is 891. The van der Waals surface area contributed by atoms with Crippen molar-refractivity contribution in [2.45, 2.75) is 31.0 Å². The molecule has 2 amide bonds. The number of rotatable bonds is 4. The summed E-state index contributed by atoms with van der Waals surface area (Å²) in [6, 6.07) is 11.5. The first-order valence-corrected chi connectivity index (χ1v) is 10.4. The van der Waals surface area contributed by atoms with Crippen LogP contribution in [0.3, 0.4) is 0 Å². The van der Waals surface area contributed by atoms with E-state index in [1.807, 2.05) is 17.5 Å². The molecule has 2 aromatic rings. The molecule has 2 aliphatic rings. The molecule has 1 aromatic carbocycles. The molecule has 29 heavy (non-hydrogen) atoms.